The molecule has 19 heavy (non-hydrogen) atoms. The number of hydrogen-bond acceptors (Lipinski definition) is 4. The summed E-state index contributed by atoms with van der Waals surface area (Å²) in [6.07, 6.45) is 2.43. The van der Waals surface area contributed by atoms with E-state index in [2.05, 4.69) is 10.3 Å². The zero-order valence-electron chi connectivity index (χ0n) is 11.4. The SMILES string of the molecule is Cc1cc(=O)c(C(=O)NCC(C)(C)S(C)(=O)=O)c[nH]1. The van der Waals surface area contributed by atoms with Crippen LogP contribution in [0.15, 0.2) is 17.1 Å². The standard InChI is InChI=1S/C12H18N2O4S/c1-8-5-10(15)9(6-13-8)11(16)14-7-12(2,3)19(4,17)18/h5-6H,7H2,1-4H3,(H,13,15)(H,14,16). The summed E-state index contributed by atoms with van der Waals surface area (Å²) in [5, 5.41) is 2.47. The van der Waals surface area contributed by atoms with Gasteiger partial charge in [-0.25, -0.2) is 8.42 Å². The number of rotatable bonds is 4. The molecular formula is C12H18N2O4S. The predicted octanol–water partition coefficient (Wildman–Crippen LogP) is 0.236. The van der Waals surface area contributed by atoms with Crippen molar-refractivity contribution in [2.75, 3.05) is 12.8 Å². The van der Waals surface area contributed by atoms with Gasteiger partial charge in [0.25, 0.3) is 5.91 Å². The van der Waals surface area contributed by atoms with Crippen molar-refractivity contribution in [3.05, 3.63) is 33.7 Å². The lowest BCUT2D eigenvalue weighted by atomic mass is 10.2. The van der Waals surface area contributed by atoms with Gasteiger partial charge < -0.3 is 10.3 Å². The van der Waals surface area contributed by atoms with E-state index in [9.17, 15) is 18.0 Å². The third-order valence-electron chi connectivity index (χ3n) is 2.98. The van der Waals surface area contributed by atoms with Gasteiger partial charge in [-0.05, 0) is 20.8 Å². The fourth-order valence-corrected chi connectivity index (χ4v) is 1.60. The van der Waals surface area contributed by atoms with E-state index >= 15 is 0 Å². The summed E-state index contributed by atoms with van der Waals surface area (Å²) in [6.45, 7) is 4.68. The first-order chi connectivity index (χ1) is 8.54. The third-order valence-corrected chi connectivity index (χ3v) is 5.13. The summed E-state index contributed by atoms with van der Waals surface area (Å²) in [4.78, 5) is 26.2. The van der Waals surface area contributed by atoms with Gasteiger partial charge in [0.2, 0.25) is 0 Å². The number of amides is 1. The Balaban J connectivity index is 2.85. The van der Waals surface area contributed by atoms with Gasteiger partial charge in [0.05, 0.1) is 4.75 Å². The molecule has 0 spiro atoms. The molecule has 6 nitrogen and oxygen atoms in total. The molecule has 7 heteroatoms. The Kier molecular flexibility index (Phi) is 4.19. The molecule has 1 rings (SSSR count). The number of nitrogens with one attached hydrogen (secondary N) is 2. The van der Waals surface area contributed by atoms with Gasteiger partial charge in [0, 0.05) is 30.8 Å². The average molecular weight is 286 g/mol. The molecule has 2 N–H and O–H groups in total. The van der Waals surface area contributed by atoms with Crippen molar-refractivity contribution in [2.45, 2.75) is 25.5 Å². The number of aryl methyl sites for hydroxylation is 1. The minimum absolute atomic E-state index is 0.0325. The monoisotopic (exact) mass is 286 g/mol. The average Bonchev–Trinajstić information content (AvgIpc) is 2.24. The van der Waals surface area contributed by atoms with Gasteiger partial charge in [-0.15, -0.1) is 0 Å². The maximum absolute atomic E-state index is 11.8. The zero-order chi connectivity index (χ0) is 14.8. The first-order valence-electron chi connectivity index (χ1n) is 5.72. The van der Waals surface area contributed by atoms with Crippen molar-refractivity contribution in [3.63, 3.8) is 0 Å². The Labute approximate surface area is 112 Å². The molecule has 1 amide bonds. The van der Waals surface area contributed by atoms with Gasteiger partial charge in [-0.3, -0.25) is 9.59 Å². The second-order valence-corrected chi connectivity index (χ2v) is 7.76. The summed E-state index contributed by atoms with van der Waals surface area (Å²) in [6, 6.07) is 1.32. The molecule has 0 saturated carbocycles. The number of carbonyl (C=O) groups excluding carboxylic acids is 1. The van der Waals surface area contributed by atoms with Gasteiger partial charge in [-0.1, -0.05) is 0 Å². The van der Waals surface area contributed by atoms with Crippen LogP contribution in [0.2, 0.25) is 0 Å². The number of H-pyrrole nitrogens is 1. The van der Waals surface area contributed by atoms with Crippen LogP contribution in [0.1, 0.15) is 29.9 Å². The van der Waals surface area contributed by atoms with Crippen LogP contribution in [0.4, 0.5) is 0 Å². The van der Waals surface area contributed by atoms with Crippen LogP contribution in [0.3, 0.4) is 0 Å². The van der Waals surface area contributed by atoms with E-state index in [0.717, 1.165) is 6.26 Å². The third kappa shape index (κ3) is 3.66. The van der Waals surface area contributed by atoms with Gasteiger partial charge in [0.1, 0.15) is 5.56 Å². The predicted molar refractivity (Wildman–Crippen MR) is 73.1 cm³/mol. The molecule has 0 aliphatic heterocycles. The van der Waals surface area contributed by atoms with Crippen molar-refractivity contribution < 1.29 is 13.2 Å². The van der Waals surface area contributed by atoms with Crippen LogP contribution in [0.5, 0.6) is 0 Å². The van der Waals surface area contributed by atoms with Crippen molar-refractivity contribution in [2.24, 2.45) is 0 Å². The zero-order valence-corrected chi connectivity index (χ0v) is 12.2. The Morgan fingerprint density at radius 3 is 2.47 bits per heavy atom. The van der Waals surface area contributed by atoms with Crippen LogP contribution in [0.25, 0.3) is 0 Å². The van der Waals surface area contributed by atoms with E-state index in [1.165, 1.54) is 26.1 Å². The van der Waals surface area contributed by atoms with Crippen LogP contribution < -0.4 is 10.7 Å². The van der Waals surface area contributed by atoms with Gasteiger partial charge >= 0.3 is 0 Å². The maximum atomic E-state index is 11.8. The van der Waals surface area contributed by atoms with E-state index in [-0.39, 0.29) is 12.1 Å². The number of carbonyl (C=O) groups is 1. The molecule has 106 valence electrons. The van der Waals surface area contributed by atoms with Crippen molar-refractivity contribution >= 4 is 15.7 Å². The molecule has 0 saturated heterocycles. The summed E-state index contributed by atoms with van der Waals surface area (Å²) in [5.74, 6) is -0.585. The lowest BCUT2D eigenvalue weighted by molar-refractivity contribution is 0.0949. The molecule has 1 aromatic rings. The summed E-state index contributed by atoms with van der Waals surface area (Å²) >= 11 is 0. The van der Waals surface area contributed by atoms with E-state index in [1.807, 2.05) is 0 Å². The molecule has 0 fully saturated rings. The number of pyridine rings is 1. The lowest BCUT2D eigenvalue weighted by Crippen LogP contribution is -2.44. The number of hydrogen-bond donors (Lipinski definition) is 2. The quantitative estimate of drug-likeness (QED) is 0.828. The summed E-state index contributed by atoms with van der Waals surface area (Å²) < 4.78 is 21.9. The molecule has 1 aromatic heterocycles. The molecule has 0 atom stereocenters. The Morgan fingerprint density at radius 1 is 1.42 bits per heavy atom. The Hall–Kier alpha value is -1.63. The number of aromatic nitrogens is 1. The number of aromatic amines is 1. The molecule has 0 unspecified atom stereocenters. The molecule has 0 aromatic carbocycles. The van der Waals surface area contributed by atoms with Crippen LogP contribution in [0, 0.1) is 6.92 Å². The van der Waals surface area contributed by atoms with Crippen molar-refractivity contribution in [1.29, 1.82) is 0 Å². The van der Waals surface area contributed by atoms with Crippen LogP contribution in [-0.4, -0.2) is 36.9 Å². The van der Waals surface area contributed by atoms with Crippen LogP contribution >= 0.6 is 0 Å². The minimum Gasteiger partial charge on any atom is -0.364 e. The summed E-state index contributed by atoms with van der Waals surface area (Å²) in [7, 11) is -3.30. The fraction of sp³-hybridized carbons (Fsp3) is 0.500. The highest BCUT2D eigenvalue weighted by Gasteiger charge is 2.30. The highest BCUT2D eigenvalue weighted by Crippen LogP contribution is 2.13. The second kappa shape index (κ2) is 5.16. The van der Waals surface area contributed by atoms with Gasteiger partial charge in [-0.2, -0.15) is 0 Å². The highest BCUT2D eigenvalue weighted by molar-refractivity contribution is 7.92. The number of sulfone groups is 1. The first kappa shape index (κ1) is 15.4. The van der Waals surface area contributed by atoms with E-state index in [0.29, 0.717) is 5.69 Å². The van der Waals surface area contributed by atoms with E-state index in [1.54, 1.807) is 6.92 Å². The van der Waals surface area contributed by atoms with E-state index < -0.39 is 25.9 Å². The topological polar surface area (TPSA) is 96.1 Å². The Morgan fingerprint density at radius 2 is 2.00 bits per heavy atom. The second-order valence-electron chi connectivity index (χ2n) is 5.11. The maximum Gasteiger partial charge on any atom is 0.256 e. The normalized spacial score (nSPS) is 12.2. The lowest BCUT2D eigenvalue weighted by Gasteiger charge is -2.22. The highest BCUT2D eigenvalue weighted by atomic mass is 32.2. The van der Waals surface area contributed by atoms with Crippen molar-refractivity contribution in [3.8, 4) is 0 Å². The first-order valence-corrected chi connectivity index (χ1v) is 7.61. The summed E-state index contributed by atoms with van der Waals surface area (Å²) in [5.41, 5.74) is 0.221. The fourth-order valence-electron chi connectivity index (χ4n) is 1.27. The molecule has 0 aliphatic carbocycles. The van der Waals surface area contributed by atoms with Crippen LogP contribution in [-0.2, 0) is 9.84 Å². The van der Waals surface area contributed by atoms with Crippen molar-refractivity contribution in [1.82, 2.24) is 10.3 Å². The smallest absolute Gasteiger partial charge is 0.256 e. The minimum atomic E-state index is -3.30. The molecule has 0 radical (unpaired) electrons. The largest absolute Gasteiger partial charge is 0.364 e. The molecule has 0 aliphatic rings. The Bertz CT molecular complexity index is 644. The molecular weight excluding hydrogens is 268 g/mol. The molecule has 1 heterocycles. The van der Waals surface area contributed by atoms with Gasteiger partial charge in [0.15, 0.2) is 15.3 Å². The molecule has 0 bridgehead atoms. The van der Waals surface area contributed by atoms with E-state index in [4.69, 9.17) is 0 Å².